The molecule has 0 aromatic heterocycles. The number of carbonyl (C=O) groups excluding carboxylic acids is 1. The maximum Gasteiger partial charge on any atom is 0.221 e. The summed E-state index contributed by atoms with van der Waals surface area (Å²) in [5, 5.41) is 5.57. The quantitative estimate of drug-likeness (QED) is 0.786. The predicted octanol–water partition coefficient (Wildman–Crippen LogP) is 1.44. The van der Waals surface area contributed by atoms with Crippen LogP contribution >= 0.6 is 0 Å². The van der Waals surface area contributed by atoms with Crippen molar-refractivity contribution in [2.45, 2.75) is 13.8 Å². The second kappa shape index (κ2) is 5.14. The van der Waals surface area contributed by atoms with E-state index < -0.39 is 0 Å². The molecule has 0 atom stereocenters. The van der Waals surface area contributed by atoms with Crippen LogP contribution in [-0.4, -0.2) is 12.5 Å². The lowest BCUT2D eigenvalue weighted by Gasteiger charge is -1.97. The molecule has 0 aliphatic carbocycles. The fourth-order valence-electron chi connectivity index (χ4n) is 1.19. The van der Waals surface area contributed by atoms with E-state index in [1.54, 1.807) is 18.2 Å². The molecular weight excluding hydrogens is 192 g/mol. The first kappa shape index (κ1) is 11.2. The Kier molecular flexibility index (Phi) is 3.85. The lowest BCUT2D eigenvalue weighted by atomic mass is 10.4. The molecule has 2 N–H and O–H groups in total. The van der Waals surface area contributed by atoms with Gasteiger partial charge in [0, 0.05) is 19.2 Å². The molecule has 0 fully saturated rings. The second-order valence-corrected chi connectivity index (χ2v) is 3.11. The summed E-state index contributed by atoms with van der Waals surface area (Å²) in [5.41, 5.74) is 1.06. The van der Waals surface area contributed by atoms with Crippen LogP contribution in [0, 0.1) is 0 Å². The molecule has 1 aromatic rings. The Balaban J connectivity index is 3.03. The molecule has 80 valence electrons. The SMILES string of the molecule is CCNc1ccc(NC(C)=O)ccc1=O. The van der Waals surface area contributed by atoms with Gasteiger partial charge in [0.15, 0.2) is 0 Å². The third-order valence-electron chi connectivity index (χ3n) is 1.80. The number of rotatable bonds is 3. The molecule has 0 saturated heterocycles. The summed E-state index contributed by atoms with van der Waals surface area (Å²) in [6.45, 7) is 4.03. The third kappa shape index (κ3) is 3.42. The highest BCUT2D eigenvalue weighted by Gasteiger charge is 1.97. The van der Waals surface area contributed by atoms with Crippen LogP contribution in [0.3, 0.4) is 0 Å². The lowest BCUT2D eigenvalue weighted by molar-refractivity contribution is -0.114. The van der Waals surface area contributed by atoms with Crippen molar-refractivity contribution < 1.29 is 4.79 Å². The third-order valence-corrected chi connectivity index (χ3v) is 1.80. The van der Waals surface area contributed by atoms with E-state index in [2.05, 4.69) is 10.6 Å². The molecular formula is C11H14N2O2. The minimum atomic E-state index is -0.154. The van der Waals surface area contributed by atoms with E-state index in [0.29, 0.717) is 17.9 Å². The molecule has 0 aliphatic heterocycles. The smallest absolute Gasteiger partial charge is 0.221 e. The van der Waals surface area contributed by atoms with Crippen molar-refractivity contribution >= 4 is 17.3 Å². The van der Waals surface area contributed by atoms with Gasteiger partial charge in [0.1, 0.15) is 0 Å². The summed E-state index contributed by atoms with van der Waals surface area (Å²) >= 11 is 0. The number of anilines is 2. The Morgan fingerprint density at radius 2 is 1.93 bits per heavy atom. The normalized spacial score (nSPS) is 9.47. The Labute approximate surface area is 88.3 Å². The molecule has 0 bridgehead atoms. The van der Waals surface area contributed by atoms with Gasteiger partial charge in [-0.1, -0.05) is 0 Å². The topological polar surface area (TPSA) is 58.2 Å². The fraction of sp³-hybridized carbons (Fsp3) is 0.273. The van der Waals surface area contributed by atoms with Crippen LogP contribution in [0.25, 0.3) is 0 Å². The van der Waals surface area contributed by atoms with Crippen molar-refractivity contribution in [3.63, 3.8) is 0 Å². The van der Waals surface area contributed by atoms with Crippen LogP contribution in [0.2, 0.25) is 0 Å². The van der Waals surface area contributed by atoms with Gasteiger partial charge >= 0.3 is 0 Å². The zero-order valence-electron chi connectivity index (χ0n) is 8.83. The average molecular weight is 206 g/mol. The van der Waals surface area contributed by atoms with E-state index in [-0.39, 0.29) is 11.3 Å². The molecule has 4 nitrogen and oxygen atoms in total. The van der Waals surface area contributed by atoms with Crippen molar-refractivity contribution in [1.29, 1.82) is 0 Å². The van der Waals surface area contributed by atoms with Gasteiger partial charge in [0.25, 0.3) is 0 Å². The average Bonchev–Trinajstić information content (AvgIpc) is 2.32. The number of hydrogen-bond donors (Lipinski definition) is 2. The van der Waals surface area contributed by atoms with Crippen molar-refractivity contribution in [3.8, 4) is 0 Å². The van der Waals surface area contributed by atoms with Crippen LogP contribution < -0.4 is 16.1 Å². The van der Waals surface area contributed by atoms with Crippen molar-refractivity contribution in [1.82, 2.24) is 0 Å². The fourth-order valence-corrected chi connectivity index (χ4v) is 1.19. The van der Waals surface area contributed by atoms with Gasteiger partial charge < -0.3 is 10.6 Å². The number of nitrogens with one attached hydrogen (secondary N) is 2. The van der Waals surface area contributed by atoms with Crippen molar-refractivity contribution in [3.05, 3.63) is 34.5 Å². The summed E-state index contributed by atoms with van der Waals surface area (Å²) in [4.78, 5) is 22.3. The molecule has 1 amide bonds. The van der Waals surface area contributed by atoms with E-state index in [0.717, 1.165) is 0 Å². The zero-order chi connectivity index (χ0) is 11.3. The maximum atomic E-state index is 11.5. The molecule has 0 heterocycles. The first-order valence-electron chi connectivity index (χ1n) is 4.79. The Morgan fingerprint density at radius 3 is 2.53 bits per heavy atom. The van der Waals surface area contributed by atoms with Crippen LogP contribution in [0.5, 0.6) is 0 Å². The van der Waals surface area contributed by atoms with Crippen LogP contribution in [-0.2, 0) is 4.79 Å². The molecule has 1 rings (SSSR count). The Bertz CT molecular complexity index is 416. The summed E-state index contributed by atoms with van der Waals surface area (Å²) in [7, 11) is 0. The van der Waals surface area contributed by atoms with Gasteiger partial charge in [-0.15, -0.1) is 0 Å². The molecule has 0 saturated carbocycles. The van der Waals surface area contributed by atoms with Gasteiger partial charge in [0.2, 0.25) is 11.3 Å². The first-order chi connectivity index (χ1) is 7.13. The van der Waals surface area contributed by atoms with Gasteiger partial charge in [-0.05, 0) is 31.2 Å². The molecule has 4 heteroatoms. The highest BCUT2D eigenvalue weighted by Crippen LogP contribution is 2.06. The van der Waals surface area contributed by atoms with Crippen LogP contribution in [0.4, 0.5) is 11.4 Å². The number of hydrogen-bond acceptors (Lipinski definition) is 3. The monoisotopic (exact) mass is 206 g/mol. The van der Waals surface area contributed by atoms with Gasteiger partial charge in [0.05, 0.1) is 5.69 Å². The second-order valence-electron chi connectivity index (χ2n) is 3.11. The van der Waals surface area contributed by atoms with Crippen LogP contribution in [0.1, 0.15) is 13.8 Å². The summed E-state index contributed by atoms with van der Waals surface area (Å²) in [6.07, 6.45) is 0. The number of amides is 1. The lowest BCUT2D eigenvalue weighted by Crippen LogP contribution is -2.06. The van der Waals surface area contributed by atoms with E-state index in [4.69, 9.17) is 0 Å². The van der Waals surface area contributed by atoms with Gasteiger partial charge in [-0.25, -0.2) is 0 Å². The summed E-state index contributed by atoms with van der Waals surface area (Å²) in [5.74, 6) is -0.154. The molecule has 0 radical (unpaired) electrons. The van der Waals surface area contributed by atoms with Crippen LogP contribution in [0.15, 0.2) is 29.1 Å². The summed E-state index contributed by atoms with van der Waals surface area (Å²) in [6, 6.07) is 6.38. The van der Waals surface area contributed by atoms with E-state index in [1.807, 2.05) is 6.92 Å². The number of carbonyl (C=O) groups is 1. The minimum Gasteiger partial charge on any atom is -0.382 e. The predicted molar refractivity (Wildman–Crippen MR) is 61.2 cm³/mol. The molecule has 15 heavy (non-hydrogen) atoms. The molecule has 1 aromatic carbocycles. The minimum absolute atomic E-state index is 0.0894. The Hall–Kier alpha value is -1.84. The van der Waals surface area contributed by atoms with Crippen molar-refractivity contribution in [2.24, 2.45) is 0 Å². The standard InChI is InChI=1S/C11H14N2O2/c1-3-12-10-6-4-9(13-8(2)14)5-7-11(10)15/h4-7H,3H2,1-2H3,(H,12,15)(H,13,14). The van der Waals surface area contributed by atoms with E-state index >= 15 is 0 Å². The molecule has 0 unspecified atom stereocenters. The molecule has 0 aliphatic rings. The highest BCUT2D eigenvalue weighted by atomic mass is 16.1. The zero-order valence-corrected chi connectivity index (χ0v) is 8.83. The van der Waals surface area contributed by atoms with Gasteiger partial charge in [-0.3, -0.25) is 9.59 Å². The van der Waals surface area contributed by atoms with Crippen molar-refractivity contribution in [2.75, 3.05) is 17.2 Å². The highest BCUT2D eigenvalue weighted by molar-refractivity contribution is 5.88. The molecule has 0 spiro atoms. The largest absolute Gasteiger partial charge is 0.382 e. The first-order valence-corrected chi connectivity index (χ1v) is 4.79. The summed E-state index contributed by atoms with van der Waals surface area (Å²) < 4.78 is 0. The maximum absolute atomic E-state index is 11.5. The Morgan fingerprint density at radius 1 is 1.27 bits per heavy atom. The van der Waals surface area contributed by atoms with E-state index in [9.17, 15) is 9.59 Å². The van der Waals surface area contributed by atoms with Gasteiger partial charge in [-0.2, -0.15) is 0 Å². The van der Waals surface area contributed by atoms with E-state index in [1.165, 1.54) is 13.0 Å².